The normalized spacial score (nSPS) is 13.5. The molecule has 0 aromatic heterocycles. The molecule has 0 bridgehead atoms. The Morgan fingerprint density at radius 2 is 1.56 bits per heavy atom. The van der Waals surface area contributed by atoms with Crippen molar-refractivity contribution in [1.82, 2.24) is 0 Å². The van der Waals surface area contributed by atoms with Crippen LogP contribution in [0.4, 0.5) is 21.5 Å². The summed E-state index contributed by atoms with van der Waals surface area (Å²) >= 11 is 18.0. The SMILES string of the molecule is Cc1c(Cl)cccc1N1C(=O)C(Cl)=C(Nc2ccc(C(=O)Nc3ccc(F)c(Cl)c3)cc2)C1=O. The molecule has 0 aliphatic carbocycles. The number of amides is 3. The quantitative estimate of drug-likeness (QED) is 0.398. The van der Waals surface area contributed by atoms with Gasteiger partial charge in [0.15, 0.2) is 0 Å². The maximum Gasteiger partial charge on any atom is 0.283 e. The summed E-state index contributed by atoms with van der Waals surface area (Å²) in [5, 5.41) is 5.50. The van der Waals surface area contributed by atoms with E-state index in [1.807, 2.05) is 0 Å². The molecule has 2 N–H and O–H groups in total. The Balaban J connectivity index is 1.50. The van der Waals surface area contributed by atoms with E-state index in [9.17, 15) is 18.8 Å². The number of rotatable bonds is 5. The smallest absolute Gasteiger partial charge is 0.283 e. The number of imide groups is 1. The molecule has 1 aliphatic rings. The first kappa shape index (κ1) is 23.8. The highest BCUT2D eigenvalue weighted by Gasteiger charge is 2.39. The monoisotopic (exact) mass is 517 g/mol. The Kier molecular flexibility index (Phi) is 6.61. The van der Waals surface area contributed by atoms with Gasteiger partial charge in [0.1, 0.15) is 16.5 Å². The molecule has 3 aromatic rings. The van der Waals surface area contributed by atoms with Crippen LogP contribution in [0.3, 0.4) is 0 Å². The van der Waals surface area contributed by atoms with Crippen molar-refractivity contribution in [3.8, 4) is 0 Å². The molecule has 0 saturated heterocycles. The first-order valence-corrected chi connectivity index (χ1v) is 11.0. The van der Waals surface area contributed by atoms with Gasteiger partial charge in [0.25, 0.3) is 17.7 Å². The summed E-state index contributed by atoms with van der Waals surface area (Å²) in [5.74, 6) is -2.34. The molecule has 0 spiro atoms. The van der Waals surface area contributed by atoms with Crippen molar-refractivity contribution in [2.24, 2.45) is 0 Å². The van der Waals surface area contributed by atoms with Crippen LogP contribution in [0.25, 0.3) is 0 Å². The number of halogens is 4. The van der Waals surface area contributed by atoms with Gasteiger partial charge in [-0.05, 0) is 67.1 Å². The zero-order valence-corrected chi connectivity index (χ0v) is 19.7. The van der Waals surface area contributed by atoms with Gasteiger partial charge in [-0.3, -0.25) is 14.4 Å². The van der Waals surface area contributed by atoms with E-state index >= 15 is 0 Å². The van der Waals surface area contributed by atoms with Crippen LogP contribution in [0.1, 0.15) is 15.9 Å². The van der Waals surface area contributed by atoms with E-state index in [1.54, 1.807) is 37.3 Å². The van der Waals surface area contributed by atoms with Gasteiger partial charge >= 0.3 is 0 Å². The Hall–Kier alpha value is -3.39. The number of hydrogen-bond donors (Lipinski definition) is 2. The molecule has 0 fully saturated rings. The lowest BCUT2D eigenvalue weighted by atomic mass is 10.1. The van der Waals surface area contributed by atoms with Crippen molar-refractivity contribution in [3.05, 3.63) is 98.4 Å². The van der Waals surface area contributed by atoms with Crippen LogP contribution in [0.15, 0.2) is 71.4 Å². The third-order valence-corrected chi connectivity index (χ3v) is 6.15. The molecule has 0 unspecified atom stereocenters. The number of anilines is 3. The van der Waals surface area contributed by atoms with Crippen LogP contribution in [0.2, 0.25) is 10.0 Å². The maximum atomic E-state index is 13.3. The number of carbonyl (C=O) groups is 3. The van der Waals surface area contributed by atoms with Crippen molar-refractivity contribution < 1.29 is 18.8 Å². The average Bonchev–Trinajstić information content (AvgIpc) is 3.02. The third-order valence-electron chi connectivity index (χ3n) is 5.10. The summed E-state index contributed by atoms with van der Waals surface area (Å²) in [7, 11) is 0. The highest BCUT2D eigenvalue weighted by atomic mass is 35.5. The summed E-state index contributed by atoms with van der Waals surface area (Å²) in [5.41, 5.74) is 1.88. The van der Waals surface area contributed by atoms with Crippen molar-refractivity contribution in [2.45, 2.75) is 6.92 Å². The van der Waals surface area contributed by atoms with Crippen LogP contribution in [-0.4, -0.2) is 17.7 Å². The lowest BCUT2D eigenvalue weighted by Gasteiger charge is -2.18. The molecule has 0 radical (unpaired) electrons. The fourth-order valence-electron chi connectivity index (χ4n) is 3.29. The standard InChI is InChI=1S/C24H15Cl3FN3O3/c1-12-16(25)3-2-4-19(12)31-23(33)20(27)21(24(31)34)29-14-7-5-13(6-8-14)22(32)30-15-9-10-18(28)17(26)11-15/h2-11,29H,1H3,(H,30,32). The summed E-state index contributed by atoms with van der Waals surface area (Å²) < 4.78 is 13.3. The highest BCUT2D eigenvalue weighted by Crippen LogP contribution is 2.34. The van der Waals surface area contributed by atoms with E-state index in [0.717, 1.165) is 11.0 Å². The summed E-state index contributed by atoms with van der Waals surface area (Å²) in [6.45, 7) is 1.70. The Labute approximate surface area is 208 Å². The van der Waals surface area contributed by atoms with Crippen LogP contribution in [0, 0.1) is 12.7 Å². The van der Waals surface area contributed by atoms with Crippen LogP contribution >= 0.6 is 34.8 Å². The van der Waals surface area contributed by atoms with E-state index in [4.69, 9.17) is 34.8 Å². The van der Waals surface area contributed by atoms with Crippen molar-refractivity contribution in [3.63, 3.8) is 0 Å². The van der Waals surface area contributed by atoms with Gasteiger partial charge < -0.3 is 10.6 Å². The first-order valence-electron chi connectivity index (χ1n) is 9.84. The molecule has 1 aliphatic heterocycles. The predicted octanol–water partition coefficient (Wildman–Crippen LogP) is 6.13. The summed E-state index contributed by atoms with van der Waals surface area (Å²) in [6.07, 6.45) is 0. The predicted molar refractivity (Wildman–Crippen MR) is 131 cm³/mol. The lowest BCUT2D eigenvalue weighted by Crippen LogP contribution is -2.32. The second-order valence-corrected chi connectivity index (χ2v) is 8.50. The zero-order valence-electron chi connectivity index (χ0n) is 17.5. The highest BCUT2D eigenvalue weighted by molar-refractivity contribution is 6.53. The largest absolute Gasteiger partial charge is 0.350 e. The molecule has 0 saturated carbocycles. The lowest BCUT2D eigenvalue weighted by molar-refractivity contribution is -0.120. The van der Waals surface area contributed by atoms with Gasteiger partial charge in [-0.2, -0.15) is 0 Å². The van der Waals surface area contributed by atoms with E-state index in [1.165, 1.54) is 24.3 Å². The van der Waals surface area contributed by atoms with Gasteiger partial charge in [0.2, 0.25) is 0 Å². The minimum absolute atomic E-state index is 0.0933. The maximum absolute atomic E-state index is 13.3. The molecule has 172 valence electrons. The molecule has 3 amide bonds. The number of nitrogens with zero attached hydrogens (tertiary/aromatic N) is 1. The van der Waals surface area contributed by atoms with E-state index in [-0.39, 0.29) is 15.8 Å². The molecule has 6 nitrogen and oxygen atoms in total. The van der Waals surface area contributed by atoms with Gasteiger partial charge in [-0.1, -0.05) is 40.9 Å². The zero-order chi connectivity index (χ0) is 24.6. The second-order valence-electron chi connectivity index (χ2n) is 7.30. The Bertz CT molecular complexity index is 1370. The molecular weight excluding hydrogens is 504 g/mol. The number of hydrogen-bond acceptors (Lipinski definition) is 4. The Morgan fingerprint density at radius 3 is 2.24 bits per heavy atom. The van der Waals surface area contributed by atoms with Gasteiger partial charge in [0, 0.05) is 22.0 Å². The van der Waals surface area contributed by atoms with E-state index in [0.29, 0.717) is 33.2 Å². The van der Waals surface area contributed by atoms with Gasteiger partial charge in [-0.25, -0.2) is 9.29 Å². The topological polar surface area (TPSA) is 78.5 Å². The molecule has 34 heavy (non-hydrogen) atoms. The fourth-order valence-corrected chi connectivity index (χ4v) is 3.86. The molecule has 1 heterocycles. The second kappa shape index (κ2) is 9.46. The summed E-state index contributed by atoms with van der Waals surface area (Å²) in [6, 6.07) is 14.9. The fraction of sp³-hybridized carbons (Fsp3) is 0.0417. The van der Waals surface area contributed by atoms with Crippen LogP contribution in [0.5, 0.6) is 0 Å². The minimum atomic E-state index is -0.673. The Morgan fingerprint density at radius 1 is 0.882 bits per heavy atom. The number of nitrogens with one attached hydrogen (secondary N) is 2. The molecule has 3 aromatic carbocycles. The van der Waals surface area contributed by atoms with Crippen molar-refractivity contribution in [1.29, 1.82) is 0 Å². The third kappa shape index (κ3) is 4.50. The molecule has 0 atom stereocenters. The number of benzene rings is 3. The average molecular weight is 519 g/mol. The van der Waals surface area contributed by atoms with E-state index < -0.39 is 23.5 Å². The van der Waals surface area contributed by atoms with Crippen LogP contribution in [-0.2, 0) is 9.59 Å². The van der Waals surface area contributed by atoms with Crippen molar-refractivity contribution >= 4 is 69.6 Å². The van der Waals surface area contributed by atoms with Crippen molar-refractivity contribution in [2.75, 3.05) is 15.5 Å². The molecule has 4 rings (SSSR count). The molecule has 10 heteroatoms. The van der Waals surface area contributed by atoms with Gasteiger partial charge in [0.05, 0.1) is 10.7 Å². The first-order chi connectivity index (χ1) is 16.2. The van der Waals surface area contributed by atoms with Gasteiger partial charge in [-0.15, -0.1) is 0 Å². The molecular formula is C24H15Cl3FN3O3. The summed E-state index contributed by atoms with van der Waals surface area (Å²) in [4.78, 5) is 39.1. The minimum Gasteiger partial charge on any atom is -0.350 e. The van der Waals surface area contributed by atoms with E-state index in [2.05, 4.69) is 10.6 Å². The number of carbonyl (C=O) groups excluding carboxylic acids is 3. The van der Waals surface area contributed by atoms with Crippen LogP contribution < -0.4 is 15.5 Å².